The number of halogens is 1. The first-order chi connectivity index (χ1) is 11.1. The molecule has 0 unspecified atom stereocenters. The predicted octanol–water partition coefficient (Wildman–Crippen LogP) is 3.43. The van der Waals surface area contributed by atoms with Gasteiger partial charge >= 0.3 is 6.09 Å². The Morgan fingerprint density at radius 3 is 2.74 bits per heavy atom. The molecular weight excluding hydrogens is 336 g/mol. The van der Waals surface area contributed by atoms with Crippen molar-refractivity contribution in [3.05, 3.63) is 40.2 Å². The molecule has 0 aliphatic heterocycles. The van der Waals surface area contributed by atoms with Crippen LogP contribution in [0.1, 0.15) is 11.8 Å². The second kappa shape index (κ2) is 8.55. The van der Waals surface area contributed by atoms with E-state index in [0.717, 1.165) is 15.0 Å². The van der Waals surface area contributed by atoms with Crippen LogP contribution in [-0.2, 0) is 9.53 Å². The number of nitrogens with one attached hydrogen (secondary N) is 2. The number of thiophene rings is 1. The van der Waals surface area contributed by atoms with E-state index in [2.05, 4.69) is 10.6 Å². The van der Waals surface area contributed by atoms with Crippen LogP contribution in [0.2, 0.25) is 5.02 Å². The summed E-state index contributed by atoms with van der Waals surface area (Å²) in [5.41, 5.74) is 0. The molecule has 1 aromatic carbocycles. The highest BCUT2D eigenvalue weighted by Gasteiger charge is 2.07. The molecule has 0 saturated heterocycles. The van der Waals surface area contributed by atoms with E-state index in [1.807, 2.05) is 24.3 Å². The standard InChI is InChI=1S/C16H17ClN2O3S/c1-2-22-16(21)19-10-9-18-14(20)8-7-13-15(17)11-5-3-4-6-12(11)23-13/h3-8H,2,9-10H2,1H3,(H,18,20)(H,19,21)/b8-7+. The Labute approximate surface area is 143 Å². The van der Waals surface area contributed by atoms with Gasteiger partial charge in [0, 0.05) is 34.1 Å². The van der Waals surface area contributed by atoms with E-state index in [9.17, 15) is 9.59 Å². The highest BCUT2D eigenvalue weighted by atomic mass is 35.5. The van der Waals surface area contributed by atoms with Gasteiger partial charge in [-0.3, -0.25) is 4.79 Å². The second-order valence-electron chi connectivity index (χ2n) is 4.55. The summed E-state index contributed by atoms with van der Waals surface area (Å²) in [5.74, 6) is -0.246. The quantitative estimate of drug-likeness (QED) is 0.618. The van der Waals surface area contributed by atoms with Crippen molar-refractivity contribution in [3.63, 3.8) is 0 Å². The molecule has 2 rings (SSSR count). The summed E-state index contributed by atoms with van der Waals surface area (Å²) < 4.78 is 5.79. The van der Waals surface area contributed by atoms with Crippen molar-refractivity contribution in [2.75, 3.05) is 19.7 Å². The molecule has 122 valence electrons. The molecule has 7 heteroatoms. The van der Waals surface area contributed by atoms with Crippen molar-refractivity contribution >= 4 is 51.1 Å². The number of fused-ring (bicyclic) bond motifs is 1. The molecule has 0 aliphatic rings. The van der Waals surface area contributed by atoms with E-state index in [1.165, 1.54) is 17.4 Å². The Morgan fingerprint density at radius 1 is 1.26 bits per heavy atom. The van der Waals surface area contributed by atoms with Crippen LogP contribution >= 0.6 is 22.9 Å². The first-order valence-electron chi connectivity index (χ1n) is 7.15. The minimum Gasteiger partial charge on any atom is -0.450 e. The molecule has 0 bridgehead atoms. The second-order valence-corrected chi connectivity index (χ2v) is 6.01. The Bertz CT molecular complexity index is 727. The number of amides is 2. The molecule has 2 amide bonds. The molecule has 2 aromatic rings. The normalized spacial score (nSPS) is 10.9. The van der Waals surface area contributed by atoms with Crippen LogP contribution in [0.25, 0.3) is 16.2 Å². The molecule has 0 spiro atoms. The van der Waals surface area contributed by atoms with Crippen molar-refractivity contribution in [2.24, 2.45) is 0 Å². The Hall–Kier alpha value is -2.05. The van der Waals surface area contributed by atoms with Crippen molar-refractivity contribution in [2.45, 2.75) is 6.92 Å². The highest BCUT2D eigenvalue weighted by molar-refractivity contribution is 7.20. The van der Waals surface area contributed by atoms with Gasteiger partial charge in [0.2, 0.25) is 5.91 Å². The first kappa shape index (κ1) is 17.3. The summed E-state index contributed by atoms with van der Waals surface area (Å²) in [6.07, 6.45) is 2.64. The average molecular weight is 353 g/mol. The Kier molecular flexibility index (Phi) is 6.43. The van der Waals surface area contributed by atoms with Gasteiger partial charge < -0.3 is 15.4 Å². The summed E-state index contributed by atoms with van der Waals surface area (Å²) in [6, 6.07) is 7.82. The van der Waals surface area contributed by atoms with Crippen LogP contribution in [0.15, 0.2) is 30.3 Å². The number of rotatable bonds is 6. The Morgan fingerprint density at radius 2 is 2.00 bits per heavy atom. The Balaban J connectivity index is 1.83. The summed E-state index contributed by atoms with van der Waals surface area (Å²) in [4.78, 5) is 23.6. The van der Waals surface area contributed by atoms with Crippen LogP contribution in [-0.4, -0.2) is 31.7 Å². The molecule has 1 aromatic heterocycles. The molecule has 0 aliphatic carbocycles. The lowest BCUT2D eigenvalue weighted by Gasteiger charge is -2.05. The van der Waals surface area contributed by atoms with Gasteiger partial charge in [0.15, 0.2) is 0 Å². The number of benzene rings is 1. The third kappa shape index (κ3) is 4.97. The van der Waals surface area contributed by atoms with E-state index >= 15 is 0 Å². The summed E-state index contributed by atoms with van der Waals surface area (Å²) in [7, 11) is 0. The maximum atomic E-state index is 11.7. The number of alkyl carbamates (subject to hydrolysis) is 1. The fraction of sp³-hybridized carbons (Fsp3) is 0.250. The summed E-state index contributed by atoms with van der Waals surface area (Å²) >= 11 is 7.83. The van der Waals surface area contributed by atoms with Gasteiger partial charge in [-0.25, -0.2) is 4.79 Å². The van der Waals surface area contributed by atoms with Gasteiger partial charge in [-0.2, -0.15) is 0 Å². The number of hydrogen-bond acceptors (Lipinski definition) is 4. The molecule has 0 atom stereocenters. The average Bonchev–Trinajstić information content (AvgIpc) is 2.87. The third-order valence-electron chi connectivity index (χ3n) is 2.91. The lowest BCUT2D eigenvalue weighted by molar-refractivity contribution is -0.116. The molecule has 0 fully saturated rings. The minimum absolute atomic E-state index is 0.246. The maximum Gasteiger partial charge on any atom is 0.407 e. The van der Waals surface area contributed by atoms with Crippen LogP contribution < -0.4 is 10.6 Å². The van der Waals surface area contributed by atoms with Gasteiger partial charge in [0.25, 0.3) is 0 Å². The fourth-order valence-electron chi connectivity index (χ4n) is 1.88. The van der Waals surface area contributed by atoms with E-state index in [0.29, 0.717) is 24.7 Å². The first-order valence-corrected chi connectivity index (χ1v) is 8.34. The van der Waals surface area contributed by atoms with Crippen molar-refractivity contribution < 1.29 is 14.3 Å². The van der Waals surface area contributed by atoms with E-state index in [1.54, 1.807) is 13.0 Å². The molecule has 23 heavy (non-hydrogen) atoms. The number of carbonyl (C=O) groups is 2. The topological polar surface area (TPSA) is 67.4 Å². The molecule has 5 nitrogen and oxygen atoms in total. The van der Waals surface area contributed by atoms with Crippen LogP contribution in [0.3, 0.4) is 0 Å². The summed E-state index contributed by atoms with van der Waals surface area (Å²) in [5, 5.41) is 6.83. The third-order valence-corrected chi connectivity index (χ3v) is 4.57. The zero-order valence-corrected chi connectivity index (χ0v) is 14.2. The summed E-state index contributed by atoms with van der Waals surface area (Å²) in [6.45, 7) is 2.67. The van der Waals surface area contributed by atoms with Gasteiger partial charge in [0.05, 0.1) is 11.6 Å². The van der Waals surface area contributed by atoms with Gasteiger partial charge in [-0.1, -0.05) is 29.8 Å². The zero-order valence-electron chi connectivity index (χ0n) is 12.6. The van der Waals surface area contributed by atoms with Crippen LogP contribution in [0.4, 0.5) is 4.79 Å². The smallest absolute Gasteiger partial charge is 0.407 e. The number of ether oxygens (including phenoxy) is 1. The van der Waals surface area contributed by atoms with E-state index in [-0.39, 0.29) is 5.91 Å². The zero-order chi connectivity index (χ0) is 16.7. The molecule has 2 N–H and O–H groups in total. The van der Waals surface area contributed by atoms with E-state index in [4.69, 9.17) is 16.3 Å². The van der Waals surface area contributed by atoms with Crippen molar-refractivity contribution in [1.82, 2.24) is 10.6 Å². The van der Waals surface area contributed by atoms with Gasteiger partial charge in [0.1, 0.15) is 0 Å². The van der Waals surface area contributed by atoms with Gasteiger partial charge in [-0.05, 0) is 19.1 Å². The number of carbonyl (C=O) groups excluding carboxylic acids is 2. The lowest BCUT2D eigenvalue weighted by atomic mass is 10.2. The van der Waals surface area contributed by atoms with Crippen LogP contribution in [0.5, 0.6) is 0 Å². The van der Waals surface area contributed by atoms with Crippen LogP contribution in [0, 0.1) is 0 Å². The molecule has 0 saturated carbocycles. The highest BCUT2D eigenvalue weighted by Crippen LogP contribution is 2.35. The molecular formula is C16H17ClN2O3S. The van der Waals surface area contributed by atoms with Gasteiger partial charge in [-0.15, -0.1) is 11.3 Å². The largest absolute Gasteiger partial charge is 0.450 e. The molecule has 0 radical (unpaired) electrons. The SMILES string of the molecule is CCOC(=O)NCCNC(=O)/C=C/c1sc2ccccc2c1Cl. The maximum absolute atomic E-state index is 11.7. The number of hydrogen-bond donors (Lipinski definition) is 2. The van der Waals surface area contributed by atoms with Crippen molar-refractivity contribution in [3.8, 4) is 0 Å². The monoisotopic (exact) mass is 352 g/mol. The van der Waals surface area contributed by atoms with E-state index < -0.39 is 6.09 Å². The molecule has 1 heterocycles. The lowest BCUT2D eigenvalue weighted by Crippen LogP contribution is -2.34. The fourth-order valence-corrected chi connectivity index (χ4v) is 3.28. The van der Waals surface area contributed by atoms with Crippen molar-refractivity contribution in [1.29, 1.82) is 0 Å². The predicted molar refractivity (Wildman–Crippen MR) is 93.9 cm³/mol. The minimum atomic E-state index is -0.491.